The molecule has 1 heterocycles. The summed E-state index contributed by atoms with van der Waals surface area (Å²) in [5, 5.41) is 14.0. The first kappa shape index (κ1) is 13.9. The molecule has 0 saturated carbocycles. The Bertz CT molecular complexity index is 266. The summed E-state index contributed by atoms with van der Waals surface area (Å²) in [4.78, 5) is 13.7. The maximum Gasteiger partial charge on any atom is 0.234 e. The first-order valence-electron chi connectivity index (χ1n) is 6.33. The third-order valence-electron chi connectivity index (χ3n) is 3.24. The summed E-state index contributed by atoms with van der Waals surface area (Å²) in [6, 6.07) is 1.88. The number of nitriles is 1. The molecule has 17 heavy (non-hydrogen) atoms. The lowest BCUT2D eigenvalue weighted by Gasteiger charge is -2.31. The second kappa shape index (κ2) is 8.04. The van der Waals surface area contributed by atoms with Crippen LogP contribution in [0.2, 0.25) is 0 Å². The summed E-state index contributed by atoms with van der Waals surface area (Å²) in [5.41, 5.74) is 0. The van der Waals surface area contributed by atoms with Crippen LogP contribution in [0.5, 0.6) is 0 Å². The van der Waals surface area contributed by atoms with E-state index < -0.39 is 0 Å². The van der Waals surface area contributed by atoms with E-state index >= 15 is 0 Å². The van der Waals surface area contributed by atoms with Gasteiger partial charge in [0, 0.05) is 0 Å². The van der Waals surface area contributed by atoms with Crippen molar-refractivity contribution in [2.45, 2.75) is 19.8 Å². The van der Waals surface area contributed by atoms with Gasteiger partial charge in [0.25, 0.3) is 0 Å². The fourth-order valence-electron chi connectivity index (χ4n) is 2.10. The predicted octanol–water partition coefficient (Wildman–Crippen LogP) is -0.0523. The number of rotatable bonds is 6. The van der Waals surface area contributed by atoms with Gasteiger partial charge in [-0.15, -0.1) is 0 Å². The normalized spacial score (nSPS) is 17.6. The van der Waals surface area contributed by atoms with E-state index in [0.29, 0.717) is 12.5 Å². The molecule has 0 aliphatic carbocycles. The van der Waals surface area contributed by atoms with Crippen LogP contribution in [-0.2, 0) is 4.79 Å². The molecule has 0 bridgehead atoms. The van der Waals surface area contributed by atoms with Crippen LogP contribution in [0.25, 0.3) is 0 Å². The lowest BCUT2D eigenvalue weighted by atomic mass is 9.97. The minimum atomic E-state index is -0.0995. The Hall–Kier alpha value is -1.12. The number of nitrogens with one attached hydrogen (secondary N) is 2. The van der Waals surface area contributed by atoms with Crippen molar-refractivity contribution in [3.63, 3.8) is 0 Å². The van der Waals surface area contributed by atoms with Crippen LogP contribution >= 0.6 is 0 Å². The first-order valence-corrected chi connectivity index (χ1v) is 6.33. The minimum Gasteiger partial charge on any atom is -0.342 e. The van der Waals surface area contributed by atoms with Crippen LogP contribution < -0.4 is 10.6 Å². The smallest absolute Gasteiger partial charge is 0.234 e. The largest absolute Gasteiger partial charge is 0.342 e. The van der Waals surface area contributed by atoms with Gasteiger partial charge in [0.15, 0.2) is 0 Å². The summed E-state index contributed by atoms with van der Waals surface area (Å²) in [5.74, 6) is 0.583. The third kappa shape index (κ3) is 5.66. The fraction of sp³-hybridized carbons (Fsp3) is 0.833. The lowest BCUT2D eigenvalue weighted by molar-refractivity contribution is -0.120. The van der Waals surface area contributed by atoms with Crippen molar-refractivity contribution in [2.24, 2.45) is 5.92 Å². The van der Waals surface area contributed by atoms with Crippen LogP contribution in [0.3, 0.4) is 0 Å². The van der Waals surface area contributed by atoms with Crippen molar-refractivity contribution in [3.8, 4) is 6.07 Å². The molecule has 0 atom stereocenters. The van der Waals surface area contributed by atoms with E-state index in [9.17, 15) is 4.79 Å². The highest BCUT2D eigenvalue weighted by molar-refractivity contribution is 5.78. The molecular formula is C12H22N4O. The predicted molar refractivity (Wildman–Crippen MR) is 66.3 cm³/mol. The Morgan fingerprint density at radius 1 is 1.47 bits per heavy atom. The average Bonchev–Trinajstić information content (AvgIpc) is 2.37. The fourth-order valence-corrected chi connectivity index (χ4v) is 2.10. The van der Waals surface area contributed by atoms with E-state index in [4.69, 9.17) is 5.26 Å². The summed E-state index contributed by atoms with van der Waals surface area (Å²) in [7, 11) is 0. The van der Waals surface area contributed by atoms with E-state index in [-0.39, 0.29) is 12.5 Å². The van der Waals surface area contributed by atoms with Gasteiger partial charge in [-0.1, -0.05) is 6.92 Å². The molecule has 5 heteroatoms. The molecule has 1 rings (SSSR count). The Morgan fingerprint density at radius 2 is 2.18 bits per heavy atom. The van der Waals surface area contributed by atoms with Gasteiger partial charge in [-0.25, -0.2) is 0 Å². The molecule has 5 nitrogen and oxygen atoms in total. The molecule has 96 valence electrons. The Labute approximate surface area is 103 Å². The lowest BCUT2D eigenvalue weighted by Crippen LogP contribution is -2.40. The number of piperidine rings is 1. The molecule has 0 aromatic carbocycles. The molecule has 1 fully saturated rings. The van der Waals surface area contributed by atoms with Gasteiger partial charge >= 0.3 is 0 Å². The van der Waals surface area contributed by atoms with Crippen LogP contribution in [0.15, 0.2) is 0 Å². The second-order valence-electron chi connectivity index (χ2n) is 4.44. The van der Waals surface area contributed by atoms with Gasteiger partial charge in [-0.2, -0.15) is 5.26 Å². The summed E-state index contributed by atoms with van der Waals surface area (Å²) >= 11 is 0. The van der Waals surface area contributed by atoms with Gasteiger partial charge in [0.2, 0.25) is 5.91 Å². The second-order valence-corrected chi connectivity index (χ2v) is 4.44. The zero-order valence-electron chi connectivity index (χ0n) is 10.5. The zero-order chi connectivity index (χ0) is 12.5. The summed E-state index contributed by atoms with van der Waals surface area (Å²) in [6.07, 6.45) is 2.42. The topological polar surface area (TPSA) is 68.2 Å². The van der Waals surface area contributed by atoms with Crippen LogP contribution in [-0.4, -0.2) is 50.1 Å². The maximum atomic E-state index is 11.2. The number of hydrogen-bond donors (Lipinski definition) is 2. The molecule has 1 aliphatic rings. The van der Waals surface area contributed by atoms with E-state index in [1.807, 2.05) is 6.07 Å². The van der Waals surface area contributed by atoms with E-state index in [0.717, 1.165) is 13.1 Å². The Balaban J connectivity index is 2.04. The SMILES string of the molecule is CCN1CCC(CNCC(=O)NCC#N)CC1. The molecule has 0 unspecified atom stereocenters. The molecule has 1 amide bonds. The van der Waals surface area contributed by atoms with Gasteiger partial charge in [-0.05, 0) is 44.9 Å². The van der Waals surface area contributed by atoms with Gasteiger partial charge in [0.1, 0.15) is 6.54 Å². The van der Waals surface area contributed by atoms with Crippen molar-refractivity contribution in [1.29, 1.82) is 5.26 Å². The molecule has 2 N–H and O–H groups in total. The highest BCUT2D eigenvalue weighted by atomic mass is 16.1. The average molecular weight is 238 g/mol. The number of amides is 1. The summed E-state index contributed by atoms with van der Waals surface area (Å²) in [6.45, 7) is 6.98. The molecule has 0 aromatic heterocycles. The number of carbonyl (C=O) groups is 1. The number of likely N-dealkylation sites (tertiary alicyclic amines) is 1. The maximum absolute atomic E-state index is 11.2. The third-order valence-corrected chi connectivity index (χ3v) is 3.24. The van der Waals surface area contributed by atoms with Crippen LogP contribution in [0.4, 0.5) is 0 Å². The number of hydrogen-bond acceptors (Lipinski definition) is 4. The highest BCUT2D eigenvalue weighted by Crippen LogP contribution is 2.15. The summed E-state index contributed by atoms with van der Waals surface area (Å²) < 4.78 is 0. The monoisotopic (exact) mass is 238 g/mol. The van der Waals surface area contributed by atoms with Crippen LogP contribution in [0.1, 0.15) is 19.8 Å². The molecule has 1 saturated heterocycles. The highest BCUT2D eigenvalue weighted by Gasteiger charge is 2.17. The molecular weight excluding hydrogens is 216 g/mol. The van der Waals surface area contributed by atoms with E-state index in [2.05, 4.69) is 22.5 Å². The van der Waals surface area contributed by atoms with E-state index in [1.54, 1.807) is 0 Å². The van der Waals surface area contributed by atoms with Crippen molar-refractivity contribution in [3.05, 3.63) is 0 Å². The number of carbonyl (C=O) groups excluding carboxylic acids is 1. The molecule has 0 aromatic rings. The molecule has 0 radical (unpaired) electrons. The van der Waals surface area contributed by atoms with Crippen molar-refractivity contribution < 1.29 is 4.79 Å². The zero-order valence-corrected chi connectivity index (χ0v) is 10.5. The van der Waals surface area contributed by atoms with Crippen molar-refractivity contribution >= 4 is 5.91 Å². The van der Waals surface area contributed by atoms with E-state index in [1.165, 1.54) is 25.9 Å². The standard InChI is InChI=1S/C12H22N4O/c1-2-16-7-3-11(4-8-16)9-14-10-12(17)15-6-5-13/h11,14H,2-4,6-10H2,1H3,(H,15,17). The van der Waals surface area contributed by atoms with Crippen molar-refractivity contribution in [2.75, 3.05) is 39.3 Å². The molecule has 0 spiro atoms. The number of nitrogens with zero attached hydrogens (tertiary/aromatic N) is 2. The van der Waals surface area contributed by atoms with Crippen LogP contribution in [0, 0.1) is 17.2 Å². The Morgan fingerprint density at radius 3 is 2.76 bits per heavy atom. The van der Waals surface area contributed by atoms with Gasteiger partial charge in [-0.3, -0.25) is 4.79 Å². The minimum absolute atomic E-state index is 0.0927. The van der Waals surface area contributed by atoms with Gasteiger partial charge < -0.3 is 15.5 Å². The quantitative estimate of drug-likeness (QED) is 0.637. The first-order chi connectivity index (χ1) is 8.26. The van der Waals surface area contributed by atoms with Gasteiger partial charge in [0.05, 0.1) is 12.6 Å². The Kier molecular flexibility index (Phi) is 6.60. The molecule has 1 aliphatic heterocycles. The van der Waals surface area contributed by atoms with Crippen molar-refractivity contribution in [1.82, 2.24) is 15.5 Å².